The molecule has 5 heteroatoms. The summed E-state index contributed by atoms with van der Waals surface area (Å²) in [4.78, 5) is 0. The van der Waals surface area contributed by atoms with Crippen molar-refractivity contribution in [2.75, 3.05) is 14.2 Å². The monoisotopic (exact) mass is 321 g/mol. The molecule has 0 heterocycles. The largest absolute Gasteiger partial charge is 0.493 e. The van der Waals surface area contributed by atoms with E-state index >= 15 is 0 Å². The van der Waals surface area contributed by atoms with E-state index in [2.05, 4.69) is 15.9 Å². The number of hydrogen-bond donors (Lipinski definition) is 1. The molecule has 0 unspecified atom stereocenters. The number of rotatable bonds is 4. The molecule has 1 aliphatic rings. The molecule has 1 aromatic rings. The summed E-state index contributed by atoms with van der Waals surface area (Å²) in [7, 11) is 3.27. The molecule has 1 aromatic carbocycles. The Hall–Kier alpha value is -0.450. The van der Waals surface area contributed by atoms with Gasteiger partial charge in [0.2, 0.25) is 0 Å². The molecular formula is C12H17BrClNO2. The highest BCUT2D eigenvalue weighted by Gasteiger charge is 2.31. The average Bonchev–Trinajstić information content (AvgIpc) is 3.11. The van der Waals surface area contributed by atoms with Crippen LogP contribution in [-0.4, -0.2) is 14.2 Å². The van der Waals surface area contributed by atoms with Crippen LogP contribution in [0.15, 0.2) is 16.6 Å². The van der Waals surface area contributed by atoms with Gasteiger partial charge in [-0.3, -0.25) is 0 Å². The van der Waals surface area contributed by atoms with Gasteiger partial charge in [-0.2, -0.15) is 0 Å². The number of hydrogen-bond acceptors (Lipinski definition) is 3. The normalized spacial score (nSPS) is 16.0. The highest BCUT2D eigenvalue weighted by Crippen LogP contribution is 2.44. The summed E-state index contributed by atoms with van der Waals surface area (Å²) in [5, 5.41) is 0. The number of ether oxygens (including phenoxy) is 2. The minimum atomic E-state index is 0. The van der Waals surface area contributed by atoms with Crippen molar-refractivity contribution in [3.05, 3.63) is 22.2 Å². The van der Waals surface area contributed by atoms with Gasteiger partial charge in [0.15, 0.2) is 11.5 Å². The second-order valence-electron chi connectivity index (χ2n) is 4.09. The molecule has 0 aromatic heterocycles. The Morgan fingerprint density at radius 2 is 1.76 bits per heavy atom. The molecule has 2 N–H and O–H groups in total. The lowest BCUT2D eigenvalue weighted by Crippen LogP contribution is -2.13. The Labute approximate surface area is 116 Å². The molecule has 0 radical (unpaired) electrons. The lowest BCUT2D eigenvalue weighted by Gasteiger charge is -2.16. The molecule has 0 aliphatic heterocycles. The predicted octanol–water partition coefficient (Wildman–Crippen LogP) is 3.30. The van der Waals surface area contributed by atoms with Gasteiger partial charge >= 0.3 is 0 Å². The van der Waals surface area contributed by atoms with Crippen LogP contribution in [-0.2, 0) is 0 Å². The van der Waals surface area contributed by atoms with Crippen LogP contribution in [0.1, 0.15) is 24.4 Å². The van der Waals surface area contributed by atoms with E-state index in [-0.39, 0.29) is 18.4 Å². The minimum absolute atomic E-state index is 0. The van der Waals surface area contributed by atoms with Crippen molar-refractivity contribution in [2.45, 2.75) is 18.9 Å². The van der Waals surface area contributed by atoms with Crippen LogP contribution in [0.3, 0.4) is 0 Å². The fourth-order valence-electron chi connectivity index (χ4n) is 1.83. The smallest absolute Gasteiger partial charge is 0.161 e. The van der Waals surface area contributed by atoms with Gasteiger partial charge in [0, 0.05) is 10.5 Å². The lowest BCUT2D eigenvalue weighted by atomic mass is 10.0. The second kappa shape index (κ2) is 5.94. The quantitative estimate of drug-likeness (QED) is 0.925. The third-order valence-corrected chi connectivity index (χ3v) is 3.68. The van der Waals surface area contributed by atoms with Gasteiger partial charge in [-0.1, -0.05) is 15.9 Å². The third-order valence-electron chi connectivity index (χ3n) is 2.99. The Bertz CT molecular complexity index is 396. The van der Waals surface area contributed by atoms with E-state index < -0.39 is 0 Å². The summed E-state index contributed by atoms with van der Waals surface area (Å²) >= 11 is 3.53. The van der Waals surface area contributed by atoms with Gasteiger partial charge in [0.25, 0.3) is 0 Å². The molecule has 96 valence electrons. The molecule has 2 rings (SSSR count). The van der Waals surface area contributed by atoms with Gasteiger partial charge in [-0.15, -0.1) is 12.4 Å². The van der Waals surface area contributed by atoms with Gasteiger partial charge in [0.05, 0.1) is 14.2 Å². The number of methoxy groups -OCH3 is 2. The maximum absolute atomic E-state index is 6.19. The average molecular weight is 323 g/mol. The zero-order valence-electron chi connectivity index (χ0n) is 9.90. The lowest BCUT2D eigenvalue weighted by molar-refractivity contribution is 0.353. The van der Waals surface area contributed by atoms with Crippen molar-refractivity contribution in [2.24, 2.45) is 11.7 Å². The molecule has 17 heavy (non-hydrogen) atoms. The van der Waals surface area contributed by atoms with Gasteiger partial charge < -0.3 is 15.2 Å². The SMILES string of the molecule is COc1cc(Br)c([C@@H](N)C2CC2)cc1OC.Cl. The molecule has 0 bridgehead atoms. The first kappa shape index (κ1) is 14.6. The van der Waals surface area contributed by atoms with E-state index in [1.54, 1.807) is 14.2 Å². The molecule has 1 aliphatic carbocycles. The van der Waals surface area contributed by atoms with Crippen molar-refractivity contribution in [1.82, 2.24) is 0 Å². The Morgan fingerprint density at radius 3 is 2.24 bits per heavy atom. The van der Waals surface area contributed by atoms with Crippen LogP contribution in [0.25, 0.3) is 0 Å². The van der Waals surface area contributed by atoms with Crippen molar-refractivity contribution in [3.8, 4) is 11.5 Å². The Morgan fingerprint density at radius 1 is 1.24 bits per heavy atom. The van der Waals surface area contributed by atoms with E-state index in [4.69, 9.17) is 15.2 Å². The number of halogens is 2. The highest BCUT2D eigenvalue weighted by atomic mass is 79.9. The van der Waals surface area contributed by atoms with Crippen molar-refractivity contribution < 1.29 is 9.47 Å². The fourth-order valence-corrected chi connectivity index (χ4v) is 2.42. The molecule has 1 fully saturated rings. The molecule has 3 nitrogen and oxygen atoms in total. The minimum Gasteiger partial charge on any atom is -0.493 e. The van der Waals surface area contributed by atoms with E-state index in [9.17, 15) is 0 Å². The standard InChI is InChI=1S/C12H16BrNO2.ClH/c1-15-10-5-8(12(14)7-3-4-7)9(13)6-11(10)16-2;/h5-7,12H,3-4,14H2,1-2H3;1H/t12-;/m0./s1. The fraction of sp³-hybridized carbons (Fsp3) is 0.500. The Kier molecular flexibility index (Phi) is 5.10. The van der Waals surface area contributed by atoms with Crippen molar-refractivity contribution in [3.63, 3.8) is 0 Å². The zero-order valence-corrected chi connectivity index (χ0v) is 12.3. The molecular weight excluding hydrogens is 305 g/mol. The van der Waals surface area contributed by atoms with Gasteiger partial charge in [-0.25, -0.2) is 0 Å². The van der Waals surface area contributed by atoms with Crippen molar-refractivity contribution in [1.29, 1.82) is 0 Å². The molecule has 1 atom stereocenters. The second-order valence-corrected chi connectivity index (χ2v) is 4.95. The maximum Gasteiger partial charge on any atom is 0.161 e. The van der Waals surface area contributed by atoms with Crippen LogP contribution in [0.5, 0.6) is 11.5 Å². The number of benzene rings is 1. The summed E-state index contributed by atoms with van der Waals surface area (Å²) < 4.78 is 11.5. The van der Waals surface area contributed by atoms with Gasteiger partial charge in [-0.05, 0) is 36.5 Å². The van der Waals surface area contributed by atoms with Crippen LogP contribution in [0.4, 0.5) is 0 Å². The first-order valence-electron chi connectivity index (χ1n) is 5.34. The summed E-state index contributed by atoms with van der Waals surface area (Å²) in [6.07, 6.45) is 2.45. The topological polar surface area (TPSA) is 44.5 Å². The third kappa shape index (κ3) is 3.06. The summed E-state index contributed by atoms with van der Waals surface area (Å²) in [6.45, 7) is 0. The van der Waals surface area contributed by atoms with E-state index in [1.807, 2.05) is 12.1 Å². The summed E-state index contributed by atoms with van der Waals surface area (Å²) in [5.41, 5.74) is 7.29. The van der Waals surface area contributed by atoms with Crippen LogP contribution in [0.2, 0.25) is 0 Å². The van der Waals surface area contributed by atoms with E-state index in [1.165, 1.54) is 12.8 Å². The van der Waals surface area contributed by atoms with Crippen LogP contribution < -0.4 is 15.2 Å². The molecule has 0 amide bonds. The van der Waals surface area contributed by atoms with Crippen LogP contribution in [0, 0.1) is 5.92 Å². The van der Waals surface area contributed by atoms with E-state index in [0.29, 0.717) is 5.92 Å². The van der Waals surface area contributed by atoms with Crippen molar-refractivity contribution >= 4 is 28.3 Å². The first-order valence-corrected chi connectivity index (χ1v) is 6.13. The summed E-state index contributed by atoms with van der Waals surface area (Å²) in [5.74, 6) is 2.08. The molecule has 0 saturated heterocycles. The Balaban J connectivity index is 0.00000144. The molecule has 1 saturated carbocycles. The summed E-state index contributed by atoms with van der Waals surface area (Å²) in [6, 6.07) is 3.97. The van der Waals surface area contributed by atoms with Gasteiger partial charge in [0.1, 0.15) is 0 Å². The first-order chi connectivity index (χ1) is 7.67. The molecule has 0 spiro atoms. The number of nitrogens with two attached hydrogens (primary N) is 1. The maximum atomic E-state index is 6.19. The highest BCUT2D eigenvalue weighted by molar-refractivity contribution is 9.10. The zero-order chi connectivity index (χ0) is 11.7. The van der Waals surface area contributed by atoms with Crippen LogP contribution >= 0.6 is 28.3 Å². The predicted molar refractivity (Wildman–Crippen MR) is 74.1 cm³/mol. The van der Waals surface area contributed by atoms with E-state index in [0.717, 1.165) is 21.5 Å².